The first-order chi connectivity index (χ1) is 9.74. The summed E-state index contributed by atoms with van der Waals surface area (Å²) in [6.45, 7) is 6.55. The van der Waals surface area contributed by atoms with Gasteiger partial charge in [-0.15, -0.1) is 11.8 Å². The maximum Gasteiger partial charge on any atom is 0.409 e. The fraction of sp³-hybridized carbons (Fsp3) is 0.533. The molecule has 0 atom stereocenters. The van der Waals surface area contributed by atoms with Crippen LogP contribution in [0.15, 0.2) is 29.2 Å². The Kier molecular flexibility index (Phi) is 5.73. The van der Waals surface area contributed by atoms with Crippen LogP contribution in [-0.2, 0) is 11.3 Å². The third-order valence-electron chi connectivity index (χ3n) is 3.48. The highest BCUT2D eigenvalue weighted by molar-refractivity contribution is 7.98. The van der Waals surface area contributed by atoms with E-state index in [-0.39, 0.29) is 6.09 Å². The molecule has 1 heterocycles. The van der Waals surface area contributed by atoms with Gasteiger partial charge in [-0.25, -0.2) is 4.79 Å². The van der Waals surface area contributed by atoms with Crippen LogP contribution in [0.25, 0.3) is 0 Å². The first-order valence-corrected chi connectivity index (χ1v) is 8.23. The Hall–Kier alpha value is -1.20. The molecule has 20 heavy (non-hydrogen) atoms. The van der Waals surface area contributed by atoms with Gasteiger partial charge in [0.2, 0.25) is 0 Å². The van der Waals surface area contributed by atoms with Crippen molar-refractivity contribution >= 4 is 17.9 Å². The van der Waals surface area contributed by atoms with Gasteiger partial charge in [0.1, 0.15) is 0 Å². The number of piperazine rings is 1. The number of carbonyl (C=O) groups excluding carboxylic acids is 1. The predicted molar refractivity (Wildman–Crippen MR) is 82.1 cm³/mol. The molecule has 110 valence electrons. The molecule has 1 aliphatic rings. The lowest BCUT2D eigenvalue weighted by Gasteiger charge is -2.34. The fourth-order valence-corrected chi connectivity index (χ4v) is 2.99. The van der Waals surface area contributed by atoms with E-state index in [1.54, 1.807) is 16.7 Å². The zero-order chi connectivity index (χ0) is 14.4. The molecule has 1 aliphatic heterocycles. The summed E-state index contributed by atoms with van der Waals surface area (Å²) in [4.78, 5) is 17.2. The second-order valence-corrected chi connectivity index (χ2v) is 5.62. The van der Waals surface area contributed by atoms with Gasteiger partial charge >= 0.3 is 6.09 Å². The molecule has 0 N–H and O–H groups in total. The first kappa shape index (κ1) is 15.2. The van der Waals surface area contributed by atoms with Crippen LogP contribution in [0, 0.1) is 0 Å². The zero-order valence-electron chi connectivity index (χ0n) is 12.2. The minimum absolute atomic E-state index is 0.184. The fourth-order valence-electron chi connectivity index (χ4n) is 2.38. The molecule has 5 heteroatoms. The zero-order valence-corrected chi connectivity index (χ0v) is 13.0. The summed E-state index contributed by atoms with van der Waals surface area (Å²) < 4.78 is 5.04. The monoisotopic (exact) mass is 294 g/mol. The first-order valence-electron chi connectivity index (χ1n) is 7.00. The van der Waals surface area contributed by atoms with E-state index in [2.05, 4.69) is 35.4 Å². The van der Waals surface area contributed by atoms with Gasteiger partial charge in [-0.2, -0.15) is 0 Å². The molecule has 4 nitrogen and oxygen atoms in total. The largest absolute Gasteiger partial charge is 0.450 e. The Morgan fingerprint density at radius 3 is 2.60 bits per heavy atom. The summed E-state index contributed by atoms with van der Waals surface area (Å²) in [7, 11) is 0. The highest BCUT2D eigenvalue weighted by Crippen LogP contribution is 2.21. The summed E-state index contributed by atoms with van der Waals surface area (Å²) in [5, 5.41) is 0. The van der Waals surface area contributed by atoms with Crippen LogP contribution in [0.5, 0.6) is 0 Å². The van der Waals surface area contributed by atoms with Crippen molar-refractivity contribution in [1.29, 1.82) is 0 Å². The average Bonchev–Trinajstić information content (AvgIpc) is 2.49. The smallest absolute Gasteiger partial charge is 0.409 e. The minimum atomic E-state index is -0.184. The molecule has 0 aliphatic carbocycles. The highest BCUT2D eigenvalue weighted by Gasteiger charge is 2.22. The van der Waals surface area contributed by atoms with E-state index in [0.717, 1.165) is 32.7 Å². The van der Waals surface area contributed by atoms with Crippen LogP contribution < -0.4 is 0 Å². The number of nitrogens with zero attached hydrogens (tertiary/aromatic N) is 2. The van der Waals surface area contributed by atoms with E-state index >= 15 is 0 Å². The molecule has 0 radical (unpaired) electrons. The molecule has 1 fully saturated rings. The van der Waals surface area contributed by atoms with E-state index in [1.807, 2.05) is 6.92 Å². The lowest BCUT2D eigenvalue weighted by Crippen LogP contribution is -2.48. The molecule has 0 unspecified atom stereocenters. The number of rotatable bonds is 4. The Balaban J connectivity index is 1.87. The molecular formula is C15H22N2O2S. The molecule has 1 amide bonds. The number of carbonyl (C=O) groups is 1. The van der Waals surface area contributed by atoms with Crippen molar-refractivity contribution in [3.8, 4) is 0 Å². The maximum absolute atomic E-state index is 11.6. The van der Waals surface area contributed by atoms with Gasteiger partial charge in [-0.3, -0.25) is 4.90 Å². The lowest BCUT2D eigenvalue weighted by atomic mass is 10.2. The van der Waals surface area contributed by atoms with Crippen LogP contribution in [0.2, 0.25) is 0 Å². The summed E-state index contributed by atoms with van der Waals surface area (Å²) in [6.07, 6.45) is 1.93. The van der Waals surface area contributed by atoms with Crippen LogP contribution in [-0.4, -0.2) is 54.9 Å². The summed E-state index contributed by atoms with van der Waals surface area (Å²) >= 11 is 1.78. The standard InChI is InChI=1S/C15H22N2O2S/c1-3-19-15(18)17-10-8-16(9-11-17)12-13-6-4-5-7-14(13)20-2/h4-7H,3,8-12H2,1-2H3. The number of amides is 1. The summed E-state index contributed by atoms with van der Waals surface area (Å²) in [5.74, 6) is 0. The van der Waals surface area contributed by atoms with Crippen molar-refractivity contribution in [1.82, 2.24) is 9.80 Å². The Morgan fingerprint density at radius 1 is 1.25 bits per heavy atom. The molecule has 2 rings (SSSR count). The number of thioether (sulfide) groups is 1. The van der Waals surface area contributed by atoms with Gasteiger partial charge in [0.05, 0.1) is 6.61 Å². The van der Waals surface area contributed by atoms with Gasteiger partial charge in [0, 0.05) is 37.6 Å². The van der Waals surface area contributed by atoms with Gasteiger partial charge in [0.15, 0.2) is 0 Å². The van der Waals surface area contributed by atoms with Gasteiger partial charge in [0.25, 0.3) is 0 Å². The Morgan fingerprint density at radius 2 is 1.95 bits per heavy atom. The third kappa shape index (κ3) is 3.90. The van der Waals surface area contributed by atoms with Crippen LogP contribution in [0.1, 0.15) is 12.5 Å². The molecule has 0 aromatic heterocycles. The number of hydrogen-bond donors (Lipinski definition) is 0. The van der Waals surface area contributed by atoms with E-state index in [9.17, 15) is 4.79 Å². The molecule has 0 spiro atoms. The van der Waals surface area contributed by atoms with Crippen LogP contribution in [0.3, 0.4) is 0 Å². The molecule has 1 saturated heterocycles. The van der Waals surface area contributed by atoms with Crippen molar-refractivity contribution in [3.63, 3.8) is 0 Å². The number of ether oxygens (including phenoxy) is 1. The molecule has 0 bridgehead atoms. The van der Waals surface area contributed by atoms with Gasteiger partial charge in [-0.05, 0) is 24.8 Å². The minimum Gasteiger partial charge on any atom is -0.450 e. The summed E-state index contributed by atoms with van der Waals surface area (Å²) in [5.41, 5.74) is 1.37. The SMILES string of the molecule is CCOC(=O)N1CCN(Cc2ccccc2SC)CC1. The maximum atomic E-state index is 11.6. The van der Waals surface area contributed by atoms with Gasteiger partial charge in [-0.1, -0.05) is 18.2 Å². The van der Waals surface area contributed by atoms with Crippen molar-refractivity contribution < 1.29 is 9.53 Å². The Labute approximate surface area is 125 Å². The van der Waals surface area contributed by atoms with Crippen LogP contribution in [0.4, 0.5) is 4.79 Å². The van der Waals surface area contributed by atoms with Gasteiger partial charge < -0.3 is 9.64 Å². The number of hydrogen-bond acceptors (Lipinski definition) is 4. The second-order valence-electron chi connectivity index (χ2n) is 4.77. The molecule has 1 aromatic rings. The second kappa shape index (κ2) is 7.55. The van der Waals surface area contributed by atoms with Crippen molar-refractivity contribution in [2.45, 2.75) is 18.4 Å². The normalized spacial score (nSPS) is 16.2. The summed E-state index contributed by atoms with van der Waals surface area (Å²) in [6, 6.07) is 8.51. The lowest BCUT2D eigenvalue weighted by molar-refractivity contribution is 0.0776. The van der Waals surface area contributed by atoms with E-state index in [0.29, 0.717) is 6.61 Å². The third-order valence-corrected chi connectivity index (χ3v) is 4.32. The van der Waals surface area contributed by atoms with Crippen LogP contribution >= 0.6 is 11.8 Å². The topological polar surface area (TPSA) is 32.8 Å². The Bertz CT molecular complexity index is 445. The number of benzene rings is 1. The molecular weight excluding hydrogens is 272 g/mol. The predicted octanol–water partition coefficient (Wildman–Crippen LogP) is 2.68. The van der Waals surface area contributed by atoms with Crippen molar-refractivity contribution in [2.75, 3.05) is 39.0 Å². The van der Waals surface area contributed by atoms with E-state index in [1.165, 1.54) is 10.5 Å². The molecule has 1 aromatic carbocycles. The highest BCUT2D eigenvalue weighted by atomic mass is 32.2. The van der Waals surface area contributed by atoms with Crippen molar-refractivity contribution in [2.24, 2.45) is 0 Å². The average molecular weight is 294 g/mol. The van der Waals surface area contributed by atoms with Crippen molar-refractivity contribution in [3.05, 3.63) is 29.8 Å². The van der Waals surface area contributed by atoms with E-state index in [4.69, 9.17) is 4.74 Å². The van der Waals surface area contributed by atoms with E-state index < -0.39 is 0 Å². The molecule has 0 saturated carbocycles. The quantitative estimate of drug-likeness (QED) is 0.799.